The van der Waals surface area contributed by atoms with Gasteiger partial charge in [-0.15, -0.1) is 0 Å². The van der Waals surface area contributed by atoms with E-state index in [0.717, 1.165) is 36.2 Å². The van der Waals surface area contributed by atoms with Crippen LogP contribution in [0.25, 0.3) is 0 Å². The summed E-state index contributed by atoms with van der Waals surface area (Å²) in [4.78, 5) is 3.16. The number of hydrogen-bond donors (Lipinski definition) is 3. The molecule has 23 heavy (non-hydrogen) atoms. The molecule has 0 amide bonds. The summed E-state index contributed by atoms with van der Waals surface area (Å²) in [6.07, 6.45) is -0.367. The van der Waals surface area contributed by atoms with Gasteiger partial charge in [0.15, 0.2) is 0 Å². The van der Waals surface area contributed by atoms with Gasteiger partial charge in [0.05, 0.1) is 0 Å². The fourth-order valence-corrected chi connectivity index (χ4v) is 3.56. The molecule has 0 aromatic heterocycles. The zero-order valence-corrected chi connectivity index (χ0v) is 14.9. The molecule has 0 bridgehead atoms. The Morgan fingerprint density at radius 3 is 2.13 bits per heavy atom. The number of rotatable bonds is 5. The van der Waals surface area contributed by atoms with Crippen molar-refractivity contribution in [1.29, 1.82) is 0 Å². The minimum absolute atomic E-state index is 0.367. The molecule has 0 radical (unpaired) electrons. The van der Waals surface area contributed by atoms with E-state index in [4.69, 9.17) is 0 Å². The first-order chi connectivity index (χ1) is 11.2. The summed E-state index contributed by atoms with van der Waals surface area (Å²) >= 11 is 3.44. The van der Waals surface area contributed by atoms with Crippen molar-refractivity contribution in [3.05, 3.63) is 70.2 Å². The van der Waals surface area contributed by atoms with Gasteiger partial charge in [0.2, 0.25) is 0 Å². The second kappa shape index (κ2) is 8.06. The average molecular weight is 377 g/mol. The van der Waals surface area contributed by atoms with Gasteiger partial charge in [-0.2, -0.15) is 0 Å². The van der Waals surface area contributed by atoms with Gasteiger partial charge in [-0.25, -0.2) is 0 Å². The Balaban J connectivity index is 1.46. The zero-order valence-electron chi connectivity index (χ0n) is 13.3. The van der Waals surface area contributed by atoms with Crippen LogP contribution in [0.3, 0.4) is 0 Å². The maximum absolute atomic E-state index is 10.4. The number of halogens is 1. The van der Waals surface area contributed by atoms with Gasteiger partial charge in [-0.3, -0.25) is 0 Å². The van der Waals surface area contributed by atoms with Gasteiger partial charge in [0.25, 0.3) is 0 Å². The molecule has 0 spiro atoms. The fourth-order valence-electron chi connectivity index (χ4n) is 3.30. The van der Waals surface area contributed by atoms with Gasteiger partial charge in [-0.1, -0.05) is 58.4 Å². The Bertz CT molecular complexity index is 595. The molecule has 3 N–H and O–H groups in total. The molecule has 0 unspecified atom stereocenters. The second-order valence-corrected chi connectivity index (χ2v) is 7.35. The lowest BCUT2D eigenvalue weighted by Gasteiger charge is -2.31. The molecule has 1 fully saturated rings. The van der Waals surface area contributed by atoms with E-state index in [1.807, 2.05) is 24.3 Å². The maximum atomic E-state index is 10.4. The van der Waals surface area contributed by atoms with E-state index in [2.05, 4.69) is 46.3 Å². The van der Waals surface area contributed by atoms with Crippen LogP contribution in [0.2, 0.25) is 0 Å². The van der Waals surface area contributed by atoms with E-state index in [0.29, 0.717) is 0 Å². The lowest BCUT2D eigenvalue weighted by Crippen LogP contribution is -3.27. The monoisotopic (exact) mass is 376 g/mol. The Kier molecular flexibility index (Phi) is 5.84. The number of nitrogens with one attached hydrogen (secondary N) is 2. The van der Waals surface area contributed by atoms with Gasteiger partial charge in [0, 0.05) is 10.0 Å². The minimum atomic E-state index is -0.367. The van der Waals surface area contributed by atoms with Crippen LogP contribution < -0.4 is 9.80 Å². The van der Waals surface area contributed by atoms with Crippen molar-refractivity contribution < 1.29 is 14.9 Å². The Morgan fingerprint density at radius 2 is 1.48 bits per heavy atom. The first-order valence-electron chi connectivity index (χ1n) is 8.35. The normalized spacial score (nSPS) is 22.7. The number of aliphatic hydroxyl groups excluding tert-OH is 1. The average Bonchev–Trinajstić information content (AvgIpc) is 2.58. The molecule has 1 saturated heterocycles. The predicted molar refractivity (Wildman–Crippen MR) is 95.5 cm³/mol. The number of benzene rings is 2. The van der Waals surface area contributed by atoms with Crippen LogP contribution in [0.5, 0.6) is 0 Å². The molecular weight excluding hydrogens is 352 g/mol. The van der Waals surface area contributed by atoms with E-state index < -0.39 is 0 Å². The van der Waals surface area contributed by atoms with E-state index in [1.54, 1.807) is 4.90 Å². The number of quaternary nitrogens is 2. The Labute approximate surface area is 146 Å². The molecule has 3 nitrogen and oxygen atoms in total. The Morgan fingerprint density at radius 1 is 0.870 bits per heavy atom. The largest absolute Gasteiger partial charge is 0.382 e. The molecule has 1 atom stereocenters. The van der Waals surface area contributed by atoms with Crippen LogP contribution in [0.1, 0.15) is 17.2 Å². The highest BCUT2D eigenvalue weighted by molar-refractivity contribution is 9.10. The first-order valence-corrected chi connectivity index (χ1v) is 9.14. The van der Waals surface area contributed by atoms with E-state index in [-0.39, 0.29) is 6.10 Å². The third kappa shape index (κ3) is 4.88. The second-order valence-electron chi connectivity index (χ2n) is 6.43. The van der Waals surface area contributed by atoms with E-state index in [1.165, 1.54) is 23.6 Å². The summed E-state index contributed by atoms with van der Waals surface area (Å²) in [7, 11) is 0. The molecule has 1 aliphatic rings. The quantitative estimate of drug-likeness (QED) is 0.695. The number of piperazine rings is 1. The smallest absolute Gasteiger partial charge is 0.128 e. The molecular formula is C19H25BrN2O+2. The molecule has 2 aromatic carbocycles. The SMILES string of the molecule is O[C@@H](C[NH+]1CC[NH+](Cc2ccccc2)CC1)c1ccc(Br)cc1. The summed E-state index contributed by atoms with van der Waals surface area (Å²) in [5.74, 6) is 0. The zero-order chi connectivity index (χ0) is 16.1. The van der Waals surface area contributed by atoms with Gasteiger partial charge in [0.1, 0.15) is 45.4 Å². The summed E-state index contributed by atoms with van der Waals surface area (Å²) in [5, 5.41) is 10.4. The highest BCUT2D eigenvalue weighted by Crippen LogP contribution is 2.15. The molecule has 3 rings (SSSR count). The van der Waals surface area contributed by atoms with Crippen molar-refractivity contribution in [1.82, 2.24) is 0 Å². The van der Waals surface area contributed by atoms with Crippen LogP contribution in [0, 0.1) is 0 Å². The van der Waals surface area contributed by atoms with Gasteiger partial charge in [-0.05, 0) is 17.7 Å². The van der Waals surface area contributed by atoms with E-state index >= 15 is 0 Å². The minimum Gasteiger partial charge on any atom is -0.382 e. The first kappa shape index (κ1) is 16.7. The van der Waals surface area contributed by atoms with Crippen molar-refractivity contribution in [3.8, 4) is 0 Å². The molecule has 2 aromatic rings. The topological polar surface area (TPSA) is 29.1 Å². The van der Waals surface area contributed by atoms with Crippen LogP contribution in [0.15, 0.2) is 59.1 Å². The Hall–Kier alpha value is -1.20. The van der Waals surface area contributed by atoms with Crippen molar-refractivity contribution in [2.75, 3.05) is 32.7 Å². The fraction of sp³-hybridized carbons (Fsp3) is 0.368. The summed E-state index contributed by atoms with van der Waals surface area (Å²) in [6.45, 7) is 6.55. The third-order valence-corrected chi connectivity index (χ3v) is 5.23. The van der Waals surface area contributed by atoms with Crippen molar-refractivity contribution in [3.63, 3.8) is 0 Å². The molecule has 122 valence electrons. The number of hydrogen-bond acceptors (Lipinski definition) is 1. The lowest BCUT2D eigenvalue weighted by molar-refractivity contribution is -1.02. The standard InChI is InChI=1S/C19H23BrN2O/c20-18-8-6-17(7-9-18)19(23)15-22-12-10-21(11-13-22)14-16-4-2-1-3-5-16/h1-9,19,23H,10-15H2/p+2/t19-/m0/s1. The van der Waals surface area contributed by atoms with E-state index in [9.17, 15) is 5.11 Å². The molecule has 0 aliphatic carbocycles. The molecule has 4 heteroatoms. The van der Waals surface area contributed by atoms with Crippen LogP contribution >= 0.6 is 15.9 Å². The molecule has 0 saturated carbocycles. The van der Waals surface area contributed by atoms with Gasteiger partial charge >= 0.3 is 0 Å². The van der Waals surface area contributed by atoms with Crippen LogP contribution in [0.4, 0.5) is 0 Å². The number of aliphatic hydroxyl groups is 1. The van der Waals surface area contributed by atoms with Crippen molar-refractivity contribution >= 4 is 15.9 Å². The third-order valence-electron chi connectivity index (χ3n) is 4.70. The van der Waals surface area contributed by atoms with Gasteiger partial charge < -0.3 is 14.9 Å². The van der Waals surface area contributed by atoms with Crippen molar-refractivity contribution in [2.45, 2.75) is 12.6 Å². The highest BCUT2D eigenvalue weighted by Gasteiger charge is 2.25. The molecule has 1 aliphatic heterocycles. The molecule has 1 heterocycles. The van der Waals surface area contributed by atoms with Crippen LogP contribution in [-0.4, -0.2) is 37.8 Å². The summed E-state index contributed by atoms with van der Waals surface area (Å²) in [5.41, 5.74) is 2.43. The summed E-state index contributed by atoms with van der Waals surface area (Å²) < 4.78 is 1.05. The van der Waals surface area contributed by atoms with Crippen molar-refractivity contribution in [2.24, 2.45) is 0 Å². The lowest BCUT2D eigenvalue weighted by atomic mass is 10.1. The predicted octanol–water partition coefficient (Wildman–Crippen LogP) is 0.466. The van der Waals surface area contributed by atoms with Crippen LogP contribution in [-0.2, 0) is 6.54 Å². The summed E-state index contributed by atoms with van der Waals surface area (Å²) in [6, 6.07) is 18.7. The highest BCUT2D eigenvalue weighted by atomic mass is 79.9. The maximum Gasteiger partial charge on any atom is 0.128 e.